The SMILES string of the molecule is C.CCOC(=O)C1(C)CN(C(=O)OC(C)(C)C)CCO1.CCOC(=O)C1(C)CNCCO1. The van der Waals surface area contributed by atoms with Gasteiger partial charge in [-0.15, -0.1) is 0 Å². The Bertz CT molecular complexity index is 614. The van der Waals surface area contributed by atoms with Crippen LogP contribution in [0.25, 0.3) is 0 Å². The van der Waals surface area contributed by atoms with Gasteiger partial charge in [-0.2, -0.15) is 0 Å². The zero-order chi connectivity index (χ0) is 23.7. The Morgan fingerprint density at radius 3 is 1.97 bits per heavy atom. The van der Waals surface area contributed by atoms with Crippen molar-refractivity contribution in [1.82, 2.24) is 10.2 Å². The first-order valence-electron chi connectivity index (χ1n) is 10.7. The molecule has 10 nitrogen and oxygen atoms in total. The molecule has 2 heterocycles. The number of rotatable bonds is 4. The maximum absolute atomic E-state index is 12.0. The highest BCUT2D eigenvalue weighted by molar-refractivity contribution is 5.81. The summed E-state index contributed by atoms with van der Waals surface area (Å²) >= 11 is 0. The smallest absolute Gasteiger partial charge is 0.410 e. The van der Waals surface area contributed by atoms with E-state index in [2.05, 4.69) is 5.32 Å². The molecule has 2 rings (SSSR count). The van der Waals surface area contributed by atoms with E-state index >= 15 is 0 Å². The van der Waals surface area contributed by atoms with E-state index < -0.39 is 28.9 Å². The lowest BCUT2D eigenvalue weighted by Gasteiger charge is -2.38. The van der Waals surface area contributed by atoms with E-state index in [0.29, 0.717) is 26.3 Å². The Kier molecular flexibility index (Phi) is 12.2. The van der Waals surface area contributed by atoms with Crippen molar-refractivity contribution in [3.05, 3.63) is 0 Å². The highest BCUT2D eigenvalue weighted by Crippen LogP contribution is 2.21. The molecule has 2 unspecified atom stereocenters. The van der Waals surface area contributed by atoms with E-state index in [1.54, 1.807) is 48.5 Å². The van der Waals surface area contributed by atoms with Gasteiger partial charge in [0, 0.05) is 19.6 Å². The molecule has 0 aliphatic carbocycles. The summed E-state index contributed by atoms with van der Waals surface area (Å²) in [7, 11) is 0. The predicted molar refractivity (Wildman–Crippen MR) is 119 cm³/mol. The van der Waals surface area contributed by atoms with Crippen molar-refractivity contribution in [2.75, 3.05) is 52.6 Å². The van der Waals surface area contributed by atoms with Crippen LogP contribution in [0.4, 0.5) is 4.79 Å². The van der Waals surface area contributed by atoms with E-state index in [1.165, 1.54) is 4.90 Å². The minimum absolute atomic E-state index is 0. The lowest BCUT2D eigenvalue weighted by atomic mass is 10.1. The molecule has 2 fully saturated rings. The van der Waals surface area contributed by atoms with Crippen LogP contribution in [-0.4, -0.2) is 92.3 Å². The number of carbonyl (C=O) groups is 3. The minimum atomic E-state index is -1.12. The van der Waals surface area contributed by atoms with Crippen LogP contribution in [0.3, 0.4) is 0 Å². The monoisotopic (exact) mass is 462 g/mol. The zero-order valence-corrected chi connectivity index (χ0v) is 19.9. The molecule has 32 heavy (non-hydrogen) atoms. The Hall–Kier alpha value is -1.91. The number of hydrogen-bond acceptors (Lipinski definition) is 9. The second-order valence-electron chi connectivity index (χ2n) is 8.68. The molecule has 0 aromatic heterocycles. The fourth-order valence-corrected chi connectivity index (χ4v) is 2.90. The molecule has 0 aromatic rings. The average molecular weight is 463 g/mol. The molecule has 2 aliphatic rings. The third-order valence-electron chi connectivity index (χ3n) is 4.50. The van der Waals surface area contributed by atoms with Crippen LogP contribution in [0.15, 0.2) is 0 Å². The van der Waals surface area contributed by atoms with Crippen LogP contribution in [0.5, 0.6) is 0 Å². The van der Waals surface area contributed by atoms with Gasteiger partial charge >= 0.3 is 18.0 Å². The molecule has 0 bridgehead atoms. The van der Waals surface area contributed by atoms with Crippen LogP contribution in [0.2, 0.25) is 0 Å². The van der Waals surface area contributed by atoms with Crippen LogP contribution < -0.4 is 5.32 Å². The third-order valence-corrected chi connectivity index (χ3v) is 4.50. The lowest BCUT2D eigenvalue weighted by molar-refractivity contribution is -0.179. The summed E-state index contributed by atoms with van der Waals surface area (Å²) < 4.78 is 25.9. The normalized spacial score (nSPS) is 25.4. The van der Waals surface area contributed by atoms with Gasteiger partial charge in [0.2, 0.25) is 0 Å². The van der Waals surface area contributed by atoms with Gasteiger partial charge in [-0.1, -0.05) is 7.43 Å². The van der Waals surface area contributed by atoms with E-state index in [9.17, 15) is 14.4 Å². The first-order chi connectivity index (χ1) is 14.4. The molecule has 2 atom stereocenters. The van der Waals surface area contributed by atoms with E-state index in [-0.39, 0.29) is 33.2 Å². The number of ether oxygens (including phenoxy) is 5. The van der Waals surface area contributed by atoms with Crippen molar-refractivity contribution in [2.24, 2.45) is 0 Å². The Balaban J connectivity index is 0.000000639. The van der Waals surface area contributed by atoms with Crippen molar-refractivity contribution < 1.29 is 38.1 Å². The molecule has 0 saturated carbocycles. The largest absolute Gasteiger partial charge is 0.464 e. The quantitative estimate of drug-likeness (QED) is 0.496. The summed E-state index contributed by atoms with van der Waals surface area (Å²) in [5.41, 5.74) is -2.46. The standard InChI is InChI=1S/C13H23NO5.C8H15NO3.CH4/c1-6-17-10(15)13(5)9-14(7-8-18-13)11(16)19-12(2,3)4;1-3-11-7(10)8(2)6-9-4-5-12-8;/h6-9H2,1-5H3;9H,3-6H2,1-2H3;1H4. The van der Waals surface area contributed by atoms with E-state index in [1.807, 2.05) is 0 Å². The van der Waals surface area contributed by atoms with Gasteiger partial charge < -0.3 is 33.9 Å². The van der Waals surface area contributed by atoms with Crippen LogP contribution in [-0.2, 0) is 33.3 Å². The highest BCUT2D eigenvalue weighted by Gasteiger charge is 2.43. The van der Waals surface area contributed by atoms with Crippen LogP contribution in [0, 0.1) is 0 Å². The summed E-state index contributed by atoms with van der Waals surface area (Å²) in [4.78, 5) is 36.6. The van der Waals surface area contributed by atoms with Gasteiger partial charge in [0.05, 0.1) is 33.0 Å². The molecule has 188 valence electrons. The molecule has 2 saturated heterocycles. The summed E-state index contributed by atoms with van der Waals surface area (Å²) in [6.45, 7) is 15.7. The summed E-state index contributed by atoms with van der Waals surface area (Å²) in [5.74, 6) is -0.736. The van der Waals surface area contributed by atoms with Crippen molar-refractivity contribution >= 4 is 18.0 Å². The number of nitrogens with one attached hydrogen (secondary N) is 1. The number of hydrogen-bond donors (Lipinski definition) is 1. The van der Waals surface area contributed by atoms with Gasteiger partial charge in [-0.25, -0.2) is 14.4 Å². The third kappa shape index (κ3) is 9.30. The number of carbonyl (C=O) groups excluding carboxylic acids is 3. The first kappa shape index (κ1) is 30.1. The van der Waals surface area contributed by atoms with E-state index in [0.717, 1.165) is 6.54 Å². The Morgan fingerprint density at radius 1 is 0.969 bits per heavy atom. The second-order valence-corrected chi connectivity index (χ2v) is 8.68. The Labute approximate surface area is 192 Å². The maximum Gasteiger partial charge on any atom is 0.410 e. The van der Waals surface area contributed by atoms with Crippen molar-refractivity contribution in [1.29, 1.82) is 0 Å². The number of amides is 1. The van der Waals surface area contributed by atoms with Crippen LogP contribution in [0.1, 0.15) is 55.9 Å². The minimum Gasteiger partial charge on any atom is -0.464 e. The van der Waals surface area contributed by atoms with Crippen molar-refractivity contribution in [3.63, 3.8) is 0 Å². The summed E-state index contributed by atoms with van der Waals surface area (Å²) in [6.07, 6.45) is -0.439. The fourth-order valence-electron chi connectivity index (χ4n) is 2.90. The maximum atomic E-state index is 12.0. The molecular weight excluding hydrogens is 420 g/mol. The molecule has 0 radical (unpaired) electrons. The van der Waals surface area contributed by atoms with Gasteiger partial charge in [0.15, 0.2) is 11.2 Å². The molecule has 1 amide bonds. The zero-order valence-electron chi connectivity index (χ0n) is 19.9. The average Bonchev–Trinajstić information content (AvgIpc) is 2.68. The fraction of sp³-hybridized carbons (Fsp3) is 0.864. The molecule has 1 N–H and O–H groups in total. The number of nitrogens with zero attached hydrogens (tertiary/aromatic N) is 1. The Morgan fingerprint density at radius 2 is 1.50 bits per heavy atom. The van der Waals surface area contributed by atoms with Gasteiger partial charge in [-0.05, 0) is 48.5 Å². The lowest BCUT2D eigenvalue weighted by Crippen LogP contribution is -2.57. The highest BCUT2D eigenvalue weighted by atomic mass is 16.6. The van der Waals surface area contributed by atoms with Crippen molar-refractivity contribution in [2.45, 2.75) is 72.7 Å². The predicted octanol–water partition coefficient (Wildman–Crippen LogP) is 2.14. The van der Waals surface area contributed by atoms with Gasteiger partial charge in [-0.3, -0.25) is 0 Å². The molecular formula is C22H42N2O8. The summed E-state index contributed by atoms with van der Waals surface area (Å²) in [5, 5.41) is 3.09. The molecule has 0 aromatic carbocycles. The second kappa shape index (κ2) is 13.0. The van der Waals surface area contributed by atoms with Gasteiger partial charge in [0.25, 0.3) is 0 Å². The number of esters is 2. The van der Waals surface area contributed by atoms with Crippen LogP contribution >= 0.6 is 0 Å². The first-order valence-corrected chi connectivity index (χ1v) is 10.7. The van der Waals surface area contributed by atoms with Gasteiger partial charge in [0.1, 0.15) is 5.60 Å². The topological polar surface area (TPSA) is 113 Å². The van der Waals surface area contributed by atoms with E-state index in [4.69, 9.17) is 23.7 Å². The van der Waals surface area contributed by atoms with Crippen molar-refractivity contribution in [3.8, 4) is 0 Å². The molecule has 2 aliphatic heterocycles. The molecule has 10 heteroatoms. The summed E-state index contributed by atoms with van der Waals surface area (Å²) in [6, 6.07) is 0. The molecule has 0 spiro atoms. The number of morpholine rings is 2.